The monoisotopic (exact) mass is 247 g/mol. The van der Waals surface area contributed by atoms with E-state index in [1.54, 1.807) is 18.9 Å². The molecule has 0 radical (unpaired) electrons. The Morgan fingerprint density at radius 1 is 1.22 bits per heavy atom. The normalized spacial score (nSPS) is 10.4. The summed E-state index contributed by atoms with van der Waals surface area (Å²) in [6, 6.07) is 5.77. The number of nitrogens with zero attached hydrogens (tertiary/aromatic N) is 2. The predicted molar refractivity (Wildman–Crippen MR) is 69.6 cm³/mol. The van der Waals surface area contributed by atoms with Crippen LogP contribution in [-0.2, 0) is 13.6 Å². The molecular weight excluding hydrogens is 230 g/mol. The Bertz CT molecular complexity index is 549. The van der Waals surface area contributed by atoms with Gasteiger partial charge in [0, 0.05) is 25.4 Å². The largest absolute Gasteiger partial charge is 0.493 e. The summed E-state index contributed by atoms with van der Waals surface area (Å²) in [6.07, 6.45) is 1.95. The van der Waals surface area contributed by atoms with Crippen LogP contribution in [0.25, 0.3) is 11.1 Å². The molecule has 0 fully saturated rings. The average molecular weight is 247 g/mol. The van der Waals surface area contributed by atoms with Crippen LogP contribution in [0.3, 0.4) is 0 Å². The van der Waals surface area contributed by atoms with Crippen LogP contribution in [0.15, 0.2) is 24.4 Å². The van der Waals surface area contributed by atoms with Crippen molar-refractivity contribution in [3.05, 3.63) is 30.1 Å². The van der Waals surface area contributed by atoms with Gasteiger partial charge in [0.15, 0.2) is 11.5 Å². The fraction of sp³-hybridized carbons (Fsp3) is 0.308. The Balaban J connectivity index is 2.50. The van der Waals surface area contributed by atoms with Gasteiger partial charge in [0.05, 0.1) is 19.9 Å². The van der Waals surface area contributed by atoms with E-state index in [1.807, 2.05) is 31.4 Å². The lowest BCUT2D eigenvalue weighted by Gasteiger charge is -2.09. The molecule has 0 aliphatic carbocycles. The standard InChI is InChI=1S/C13H17N3O2/c1-16-8-10(11(7-14)15-16)9-4-5-12(17-2)13(6-9)18-3/h4-6,8H,7,14H2,1-3H3. The fourth-order valence-corrected chi connectivity index (χ4v) is 1.93. The molecule has 1 aromatic carbocycles. The second-order valence-corrected chi connectivity index (χ2v) is 3.94. The van der Waals surface area contributed by atoms with Crippen molar-refractivity contribution in [3.8, 4) is 22.6 Å². The SMILES string of the molecule is COc1ccc(-c2cn(C)nc2CN)cc1OC. The molecule has 0 unspecified atom stereocenters. The molecule has 0 aliphatic heterocycles. The van der Waals surface area contributed by atoms with Gasteiger partial charge in [-0.2, -0.15) is 5.10 Å². The first-order valence-electron chi connectivity index (χ1n) is 5.64. The third kappa shape index (κ3) is 2.17. The van der Waals surface area contributed by atoms with Crippen molar-refractivity contribution in [3.63, 3.8) is 0 Å². The van der Waals surface area contributed by atoms with Gasteiger partial charge in [0.25, 0.3) is 0 Å². The quantitative estimate of drug-likeness (QED) is 0.890. The van der Waals surface area contributed by atoms with Crippen molar-refractivity contribution in [1.82, 2.24) is 9.78 Å². The molecule has 0 atom stereocenters. The number of methoxy groups -OCH3 is 2. The van der Waals surface area contributed by atoms with E-state index in [9.17, 15) is 0 Å². The van der Waals surface area contributed by atoms with Crippen molar-refractivity contribution < 1.29 is 9.47 Å². The maximum Gasteiger partial charge on any atom is 0.161 e. The molecule has 0 spiro atoms. The van der Waals surface area contributed by atoms with Crippen LogP contribution in [0, 0.1) is 0 Å². The van der Waals surface area contributed by atoms with Gasteiger partial charge in [-0.1, -0.05) is 6.07 Å². The number of ether oxygens (including phenoxy) is 2. The topological polar surface area (TPSA) is 62.3 Å². The maximum absolute atomic E-state index is 5.70. The van der Waals surface area contributed by atoms with Crippen LogP contribution in [0.4, 0.5) is 0 Å². The Labute approximate surface area is 106 Å². The molecule has 18 heavy (non-hydrogen) atoms. The van der Waals surface area contributed by atoms with E-state index in [2.05, 4.69) is 5.10 Å². The van der Waals surface area contributed by atoms with Gasteiger partial charge < -0.3 is 15.2 Å². The van der Waals surface area contributed by atoms with E-state index in [0.29, 0.717) is 18.0 Å². The van der Waals surface area contributed by atoms with Crippen molar-refractivity contribution in [1.29, 1.82) is 0 Å². The van der Waals surface area contributed by atoms with E-state index in [-0.39, 0.29) is 0 Å². The summed E-state index contributed by atoms with van der Waals surface area (Å²) in [7, 11) is 5.12. The van der Waals surface area contributed by atoms with Gasteiger partial charge in [0.1, 0.15) is 0 Å². The molecule has 5 heteroatoms. The molecule has 0 saturated heterocycles. The number of hydrogen-bond acceptors (Lipinski definition) is 4. The highest BCUT2D eigenvalue weighted by atomic mass is 16.5. The average Bonchev–Trinajstić information content (AvgIpc) is 2.79. The second-order valence-electron chi connectivity index (χ2n) is 3.94. The molecule has 2 rings (SSSR count). The van der Waals surface area contributed by atoms with Crippen LogP contribution >= 0.6 is 0 Å². The molecule has 0 bridgehead atoms. The van der Waals surface area contributed by atoms with Crippen molar-refractivity contribution >= 4 is 0 Å². The summed E-state index contributed by atoms with van der Waals surface area (Å²) in [6.45, 7) is 0.407. The van der Waals surface area contributed by atoms with Crippen LogP contribution in [0.2, 0.25) is 0 Å². The summed E-state index contributed by atoms with van der Waals surface area (Å²) in [4.78, 5) is 0. The molecule has 0 amide bonds. The molecule has 5 nitrogen and oxygen atoms in total. The molecule has 2 aromatic rings. The van der Waals surface area contributed by atoms with Gasteiger partial charge in [-0.05, 0) is 17.7 Å². The molecule has 0 aliphatic rings. The summed E-state index contributed by atoms with van der Waals surface area (Å²) in [5.74, 6) is 1.40. The fourth-order valence-electron chi connectivity index (χ4n) is 1.93. The Morgan fingerprint density at radius 3 is 2.56 bits per heavy atom. The Morgan fingerprint density at radius 2 is 1.94 bits per heavy atom. The Hall–Kier alpha value is -2.01. The number of nitrogens with two attached hydrogens (primary N) is 1. The molecule has 1 aromatic heterocycles. The zero-order chi connectivity index (χ0) is 13.1. The number of rotatable bonds is 4. The van der Waals surface area contributed by atoms with Crippen LogP contribution in [-0.4, -0.2) is 24.0 Å². The molecular formula is C13H17N3O2. The van der Waals surface area contributed by atoms with Gasteiger partial charge in [-0.25, -0.2) is 0 Å². The van der Waals surface area contributed by atoms with Gasteiger partial charge in [0.2, 0.25) is 0 Å². The van der Waals surface area contributed by atoms with Gasteiger partial charge >= 0.3 is 0 Å². The van der Waals surface area contributed by atoms with E-state index >= 15 is 0 Å². The van der Waals surface area contributed by atoms with Crippen LogP contribution < -0.4 is 15.2 Å². The molecule has 2 N–H and O–H groups in total. The van der Waals surface area contributed by atoms with Crippen molar-refractivity contribution in [2.24, 2.45) is 12.8 Å². The number of hydrogen-bond donors (Lipinski definition) is 1. The minimum absolute atomic E-state index is 0.407. The van der Waals surface area contributed by atoms with Crippen LogP contribution in [0.1, 0.15) is 5.69 Å². The third-order valence-corrected chi connectivity index (χ3v) is 2.79. The zero-order valence-electron chi connectivity index (χ0n) is 10.8. The van der Waals surface area contributed by atoms with Crippen LogP contribution in [0.5, 0.6) is 11.5 Å². The summed E-state index contributed by atoms with van der Waals surface area (Å²) >= 11 is 0. The van der Waals surface area contributed by atoms with Gasteiger partial charge in [-0.3, -0.25) is 4.68 Å². The minimum atomic E-state index is 0.407. The van der Waals surface area contributed by atoms with Crippen molar-refractivity contribution in [2.45, 2.75) is 6.54 Å². The molecule has 1 heterocycles. The first-order valence-corrected chi connectivity index (χ1v) is 5.64. The smallest absolute Gasteiger partial charge is 0.161 e. The number of aromatic nitrogens is 2. The minimum Gasteiger partial charge on any atom is -0.493 e. The first-order chi connectivity index (χ1) is 8.69. The Kier molecular flexibility index (Phi) is 3.53. The summed E-state index contributed by atoms with van der Waals surface area (Å²) in [5.41, 5.74) is 8.59. The summed E-state index contributed by atoms with van der Waals surface area (Å²) < 4.78 is 12.3. The van der Waals surface area contributed by atoms with E-state index < -0.39 is 0 Å². The second kappa shape index (κ2) is 5.10. The van der Waals surface area contributed by atoms with E-state index in [0.717, 1.165) is 16.8 Å². The van der Waals surface area contributed by atoms with E-state index in [4.69, 9.17) is 15.2 Å². The van der Waals surface area contributed by atoms with Crippen molar-refractivity contribution in [2.75, 3.05) is 14.2 Å². The van der Waals surface area contributed by atoms with E-state index in [1.165, 1.54) is 0 Å². The lowest BCUT2D eigenvalue weighted by Crippen LogP contribution is -2.00. The lowest BCUT2D eigenvalue weighted by molar-refractivity contribution is 0.355. The predicted octanol–water partition coefficient (Wildman–Crippen LogP) is 1.56. The van der Waals surface area contributed by atoms with Gasteiger partial charge in [-0.15, -0.1) is 0 Å². The number of benzene rings is 1. The summed E-state index contributed by atoms with van der Waals surface area (Å²) in [5, 5.41) is 4.32. The lowest BCUT2D eigenvalue weighted by atomic mass is 10.1. The zero-order valence-corrected chi connectivity index (χ0v) is 10.8. The highest BCUT2D eigenvalue weighted by molar-refractivity contribution is 5.68. The third-order valence-electron chi connectivity index (χ3n) is 2.79. The highest BCUT2D eigenvalue weighted by Gasteiger charge is 2.11. The number of aryl methyl sites for hydroxylation is 1. The maximum atomic E-state index is 5.70. The first kappa shape index (κ1) is 12.4. The molecule has 96 valence electrons. The highest BCUT2D eigenvalue weighted by Crippen LogP contribution is 2.33. The molecule has 0 saturated carbocycles.